The fourth-order valence-electron chi connectivity index (χ4n) is 3.47. The Hall–Kier alpha value is -1.81. The molecule has 3 rings (SSSR count). The molecule has 3 atom stereocenters. The fraction of sp³-hybridized carbons (Fsp3) is 0.632. The molecule has 9 heteroatoms. The number of aromatic nitrogens is 1. The van der Waals surface area contributed by atoms with E-state index in [1.165, 1.54) is 30.6 Å². The standard InChI is InChI=1S/C19H28N4O4S/c24-13-16-15(21-17(25)6-10-23-8-2-1-3-9-23)5-4-14(27-16)12-18(26)22-19-20-7-11-28-19/h4-5,7,11,14-16,24H,1-3,6,8-10,12-13H2,(H,21,25)(H,20,22,26)/t14-,15+,16+/m0/s1. The molecule has 1 aromatic heterocycles. The van der Waals surface area contributed by atoms with Crippen LogP contribution in [0.15, 0.2) is 23.7 Å². The van der Waals surface area contributed by atoms with Gasteiger partial charge in [0.2, 0.25) is 11.8 Å². The first-order valence-electron chi connectivity index (χ1n) is 9.80. The molecule has 0 spiro atoms. The highest BCUT2D eigenvalue weighted by molar-refractivity contribution is 7.13. The number of rotatable bonds is 8. The molecular formula is C19H28N4O4S. The molecule has 1 aromatic rings. The van der Waals surface area contributed by atoms with Crippen molar-refractivity contribution in [1.82, 2.24) is 15.2 Å². The Labute approximate surface area is 169 Å². The van der Waals surface area contributed by atoms with Crippen molar-refractivity contribution in [2.75, 3.05) is 31.6 Å². The highest BCUT2D eigenvalue weighted by atomic mass is 32.1. The second-order valence-electron chi connectivity index (χ2n) is 7.12. The first-order chi connectivity index (χ1) is 13.6. The number of aliphatic hydroxyl groups excluding tert-OH is 1. The number of aliphatic hydroxyl groups is 1. The predicted molar refractivity (Wildman–Crippen MR) is 107 cm³/mol. The SMILES string of the molecule is O=C(C[C@@H]1C=C[C@@H](NC(=O)CCN2CCCCC2)[C@@H](CO)O1)Nc1nccs1. The smallest absolute Gasteiger partial charge is 0.229 e. The van der Waals surface area contributed by atoms with E-state index in [2.05, 4.69) is 20.5 Å². The lowest BCUT2D eigenvalue weighted by atomic mass is 10.0. The van der Waals surface area contributed by atoms with Crippen molar-refractivity contribution in [3.05, 3.63) is 23.7 Å². The molecule has 154 valence electrons. The summed E-state index contributed by atoms with van der Waals surface area (Å²) in [5, 5.41) is 17.6. The average molecular weight is 409 g/mol. The molecule has 8 nitrogen and oxygen atoms in total. The lowest BCUT2D eigenvalue weighted by Gasteiger charge is -2.32. The summed E-state index contributed by atoms with van der Waals surface area (Å²) in [6.07, 6.45) is 8.42. The Bertz CT molecular complexity index is 661. The van der Waals surface area contributed by atoms with E-state index in [1.54, 1.807) is 17.7 Å². The topological polar surface area (TPSA) is 104 Å². The molecule has 2 aliphatic heterocycles. The molecular weight excluding hydrogens is 380 g/mol. The molecule has 1 fully saturated rings. The van der Waals surface area contributed by atoms with Gasteiger partial charge in [-0.2, -0.15) is 0 Å². The Morgan fingerprint density at radius 1 is 1.25 bits per heavy atom. The zero-order valence-electron chi connectivity index (χ0n) is 15.9. The Morgan fingerprint density at radius 3 is 2.79 bits per heavy atom. The van der Waals surface area contributed by atoms with Crippen LogP contribution in [0.25, 0.3) is 0 Å². The number of anilines is 1. The number of nitrogens with zero attached hydrogens (tertiary/aromatic N) is 2. The quantitative estimate of drug-likeness (QED) is 0.558. The summed E-state index contributed by atoms with van der Waals surface area (Å²) in [5.74, 6) is -0.257. The van der Waals surface area contributed by atoms with Crippen LogP contribution in [0.5, 0.6) is 0 Å². The van der Waals surface area contributed by atoms with Crippen molar-refractivity contribution >= 4 is 28.3 Å². The number of hydrogen-bond donors (Lipinski definition) is 3. The third-order valence-electron chi connectivity index (χ3n) is 4.96. The van der Waals surface area contributed by atoms with E-state index in [0.717, 1.165) is 19.6 Å². The largest absolute Gasteiger partial charge is 0.394 e. The number of piperidine rings is 1. The van der Waals surface area contributed by atoms with Crippen molar-refractivity contribution in [3.8, 4) is 0 Å². The minimum atomic E-state index is -0.568. The van der Waals surface area contributed by atoms with E-state index in [-0.39, 0.29) is 24.8 Å². The van der Waals surface area contributed by atoms with Crippen LogP contribution in [0.3, 0.4) is 0 Å². The first kappa shape index (κ1) is 20.9. The van der Waals surface area contributed by atoms with Crippen LogP contribution in [0, 0.1) is 0 Å². The number of thiazole rings is 1. The number of ether oxygens (including phenoxy) is 1. The molecule has 0 saturated carbocycles. The van der Waals surface area contributed by atoms with E-state index in [1.807, 2.05) is 6.08 Å². The van der Waals surface area contributed by atoms with Gasteiger partial charge >= 0.3 is 0 Å². The lowest BCUT2D eigenvalue weighted by molar-refractivity contribution is -0.126. The summed E-state index contributed by atoms with van der Waals surface area (Å²) >= 11 is 1.35. The van der Waals surface area contributed by atoms with Crippen LogP contribution in [-0.4, -0.2) is 71.3 Å². The van der Waals surface area contributed by atoms with E-state index >= 15 is 0 Å². The second-order valence-corrected chi connectivity index (χ2v) is 8.01. The first-order valence-corrected chi connectivity index (χ1v) is 10.7. The summed E-state index contributed by atoms with van der Waals surface area (Å²) in [5.41, 5.74) is 0. The van der Waals surface area contributed by atoms with Gasteiger partial charge in [-0.1, -0.05) is 18.6 Å². The van der Waals surface area contributed by atoms with Gasteiger partial charge in [0, 0.05) is 24.5 Å². The maximum absolute atomic E-state index is 12.3. The highest BCUT2D eigenvalue weighted by Gasteiger charge is 2.29. The third kappa shape index (κ3) is 6.37. The van der Waals surface area contributed by atoms with Crippen molar-refractivity contribution in [3.63, 3.8) is 0 Å². The van der Waals surface area contributed by atoms with Crippen molar-refractivity contribution < 1.29 is 19.4 Å². The highest BCUT2D eigenvalue weighted by Crippen LogP contribution is 2.18. The maximum Gasteiger partial charge on any atom is 0.229 e. The molecule has 1 saturated heterocycles. The summed E-state index contributed by atoms with van der Waals surface area (Å²) in [6.45, 7) is 2.64. The summed E-state index contributed by atoms with van der Waals surface area (Å²) in [7, 11) is 0. The monoisotopic (exact) mass is 408 g/mol. The van der Waals surface area contributed by atoms with Crippen molar-refractivity contribution in [1.29, 1.82) is 0 Å². The average Bonchev–Trinajstić information content (AvgIpc) is 3.21. The summed E-state index contributed by atoms with van der Waals surface area (Å²) in [4.78, 5) is 30.7. The molecule has 0 radical (unpaired) electrons. The Morgan fingerprint density at radius 2 is 2.07 bits per heavy atom. The van der Waals surface area contributed by atoms with E-state index in [9.17, 15) is 14.7 Å². The maximum atomic E-state index is 12.3. The van der Waals surface area contributed by atoms with E-state index in [4.69, 9.17) is 4.74 Å². The third-order valence-corrected chi connectivity index (χ3v) is 5.65. The van der Waals surface area contributed by atoms with Crippen LogP contribution in [0.1, 0.15) is 32.1 Å². The molecule has 0 aliphatic carbocycles. The number of hydrogen-bond acceptors (Lipinski definition) is 7. The van der Waals surface area contributed by atoms with E-state index in [0.29, 0.717) is 11.6 Å². The number of likely N-dealkylation sites (tertiary alicyclic amines) is 1. The van der Waals surface area contributed by atoms with Gasteiger partial charge < -0.3 is 25.4 Å². The lowest BCUT2D eigenvalue weighted by Crippen LogP contribution is -2.49. The molecule has 28 heavy (non-hydrogen) atoms. The van der Waals surface area contributed by atoms with Gasteiger partial charge in [-0.15, -0.1) is 11.3 Å². The van der Waals surface area contributed by atoms with Gasteiger partial charge in [0.15, 0.2) is 5.13 Å². The van der Waals surface area contributed by atoms with Crippen molar-refractivity contribution in [2.24, 2.45) is 0 Å². The van der Waals surface area contributed by atoms with Crippen molar-refractivity contribution in [2.45, 2.75) is 50.4 Å². The normalized spacial score (nSPS) is 25.4. The minimum Gasteiger partial charge on any atom is -0.394 e. The van der Waals surface area contributed by atoms with Gasteiger partial charge in [-0.05, 0) is 25.9 Å². The van der Waals surface area contributed by atoms with Crippen LogP contribution >= 0.6 is 11.3 Å². The van der Waals surface area contributed by atoms with Gasteiger partial charge in [0.1, 0.15) is 6.10 Å². The number of amides is 2. The number of carbonyl (C=O) groups is 2. The van der Waals surface area contributed by atoms with Gasteiger partial charge in [-0.25, -0.2) is 4.98 Å². The molecule has 0 unspecified atom stereocenters. The molecule has 0 aromatic carbocycles. The summed E-state index contributed by atoms with van der Waals surface area (Å²) < 4.78 is 5.79. The fourth-order valence-corrected chi connectivity index (χ4v) is 4.02. The van der Waals surface area contributed by atoms with Gasteiger partial charge in [0.25, 0.3) is 0 Å². The van der Waals surface area contributed by atoms with Crippen LogP contribution in [0.2, 0.25) is 0 Å². The molecule has 2 amide bonds. The van der Waals surface area contributed by atoms with Crippen LogP contribution in [-0.2, 0) is 14.3 Å². The number of carbonyl (C=O) groups excluding carboxylic acids is 2. The molecule has 3 heterocycles. The molecule has 3 N–H and O–H groups in total. The second kappa shape index (κ2) is 10.7. The van der Waals surface area contributed by atoms with E-state index < -0.39 is 18.2 Å². The predicted octanol–water partition coefficient (Wildman–Crippen LogP) is 1.15. The zero-order valence-corrected chi connectivity index (χ0v) is 16.7. The van der Waals surface area contributed by atoms with Crippen LogP contribution in [0.4, 0.5) is 5.13 Å². The Balaban J connectivity index is 1.44. The van der Waals surface area contributed by atoms with Gasteiger partial charge in [-0.3, -0.25) is 9.59 Å². The van der Waals surface area contributed by atoms with Gasteiger partial charge in [0.05, 0.1) is 25.2 Å². The Kier molecular flexibility index (Phi) is 7.96. The molecule has 0 bridgehead atoms. The zero-order chi connectivity index (χ0) is 19.8. The number of nitrogens with one attached hydrogen (secondary N) is 2. The van der Waals surface area contributed by atoms with Crippen LogP contribution < -0.4 is 10.6 Å². The minimum absolute atomic E-state index is 0.0535. The summed E-state index contributed by atoms with van der Waals surface area (Å²) in [6, 6.07) is -0.392. The molecule has 2 aliphatic rings.